The maximum absolute atomic E-state index is 12.6. The maximum Gasteiger partial charge on any atom is 0.471 e. The molecule has 1 amide bonds. The van der Waals surface area contributed by atoms with Crippen molar-refractivity contribution in [2.45, 2.75) is 13.1 Å². The fourth-order valence-electron chi connectivity index (χ4n) is 2.34. The van der Waals surface area contributed by atoms with E-state index in [1.807, 2.05) is 0 Å². The highest BCUT2D eigenvalue weighted by Gasteiger charge is 2.40. The molecule has 136 valence electrons. The van der Waals surface area contributed by atoms with Crippen LogP contribution in [0.2, 0.25) is 0 Å². The summed E-state index contributed by atoms with van der Waals surface area (Å²) in [5.41, 5.74) is 0.451. The van der Waals surface area contributed by atoms with Gasteiger partial charge < -0.3 is 9.15 Å². The fraction of sp³-hybridized carbons (Fsp3) is 0.188. The van der Waals surface area contributed by atoms with Crippen LogP contribution in [0.4, 0.5) is 19.1 Å². The van der Waals surface area contributed by atoms with E-state index in [0.717, 1.165) is 23.1 Å². The third-order valence-electron chi connectivity index (χ3n) is 3.47. The molecule has 26 heavy (non-hydrogen) atoms. The third-order valence-corrected chi connectivity index (χ3v) is 4.52. The Bertz CT molecular complexity index is 974. The first-order chi connectivity index (χ1) is 12.2. The third kappa shape index (κ3) is 3.15. The van der Waals surface area contributed by atoms with Gasteiger partial charge in [-0.05, 0) is 19.1 Å². The topological polar surface area (TPSA) is 81.4 Å². The predicted octanol–water partition coefficient (Wildman–Crippen LogP) is 4.15. The van der Waals surface area contributed by atoms with Crippen molar-refractivity contribution in [1.82, 2.24) is 4.98 Å². The number of hydrogen-bond acceptors (Lipinski definition) is 6. The van der Waals surface area contributed by atoms with Gasteiger partial charge in [-0.1, -0.05) is 12.1 Å². The number of amides is 1. The first kappa shape index (κ1) is 17.9. The monoisotopic (exact) mass is 384 g/mol. The number of aromatic nitrogens is 1. The highest BCUT2D eigenvalue weighted by atomic mass is 32.1. The number of nitrogens with zero attached hydrogens (tertiary/aromatic N) is 1. The minimum absolute atomic E-state index is 0.00332. The van der Waals surface area contributed by atoms with Crippen LogP contribution in [0, 0.1) is 6.92 Å². The number of thiazole rings is 1. The van der Waals surface area contributed by atoms with Crippen LogP contribution in [0.5, 0.6) is 0 Å². The average molecular weight is 384 g/mol. The van der Waals surface area contributed by atoms with Gasteiger partial charge >= 0.3 is 18.1 Å². The van der Waals surface area contributed by atoms with Crippen molar-refractivity contribution in [3.05, 3.63) is 35.6 Å². The van der Waals surface area contributed by atoms with Crippen molar-refractivity contribution in [3.8, 4) is 10.6 Å². The van der Waals surface area contributed by atoms with E-state index in [2.05, 4.69) is 9.72 Å². The fourth-order valence-corrected chi connectivity index (χ4v) is 3.35. The zero-order chi connectivity index (χ0) is 19.1. The molecule has 0 saturated heterocycles. The number of hydrogen-bond donors (Lipinski definition) is 1. The number of anilines is 1. The van der Waals surface area contributed by atoms with Crippen molar-refractivity contribution in [2.75, 3.05) is 12.4 Å². The molecule has 0 aliphatic carbocycles. The predicted molar refractivity (Wildman–Crippen MR) is 88.1 cm³/mol. The highest BCUT2D eigenvalue weighted by Crippen LogP contribution is 2.41. The molecular weight excluding hydrogens is 373 g/mol. The van der Waals surface area contributed by atoms with Crippen LogP contribution in [-0.2, 0) is 9.53 Å². The van der Waals surface area contributed by atoms with Gasteiger partial charge in [0.1, 0.15) is 16.3 Å². The molecule has 0 radical (unpaired) electrons. The number of alkyl halides is 3. The van der Waals surface area contributed by atoms with Crippen LogP contribution in [0.1, 0.15) is 16.1 Å². The van der Waals surface area contributed by atoms with Crippen LogP contribution < -0.4 is 5.32 Å². The molecule has 0 spiro atoms. The lowest BCUT2D eigenvalue weighted by Crippen LogP contribution is -2.30. The van der Waals surface area contributed by atoms with Gasteiger partial charge in [-0.3, -0.25) is 10.1 Å². The van der Waals surface area contributed by atoms with E-state index in [9.17, 15) is 22.8 Å². The SMILES string of the molecule is COC(=O)c1c(C)oc(NC(=O)C(F)(F)F)c1-c1nc2ccccc2s1. The second-order valence-electron chi connectivity index (χ2n) is 5.17. The number of nitrogens with one attached hydrogen (secondary N) is 1. The van der Waals surface area contributed by atoms with E-state index >= 15 is 0 Å². The Morgan fingerprint density at radius 2 is 1.96 bits per heavy atom. The van der Waals surface area contributed by atoms with E-state index in [4.69, 9.17) is 4.42 Å². The Morgan fingerprint density at radius 3 is 2.58 bits per heavy atom. The van der Waals surface area contributed by atoms with Crippen molar-refractivity contribution < 1.29 is 31.9 Å². The van der Waals surface area contributed by atoms with E-state index in [1.165, 1.54) is 6.92 Å². The van der Waals surface area contributed by atoms with Gasteiger partial charge in [0.2, 0.25) is 5.88 Å². The Labute approximate surface area is 148 Å². The number of ether oxygens (including phenoxy) is 1. The lowest BCUT2D eigenvalue weighted by atomic mass is 10.1. The molecule has 2 heterocycles. The Kier molecular flexibility index (Phi) is 4.45. The lowest BCUT2D eigenvalue weighted by molar-refractivity contribution is -0.167. The number of rotatable bonds is 3. The first-order valence-electron chi connectivity index (χ1n) is 7.18. The molecule has 2 aromatic heterocycles. The number of esters is 1. The van der Waals surface area contributed by atoms with Crippen LogP contribution in [0.15, 0.2) is 28.7 Å². The Morgan fingerprint density at radius 1 is 1.27 bits per heavy atom. The standard InChI is InChI=1S/C16H11F3N2O4S/c1-7-10(14(22)24-2)11(12(25-7)21-15(23)16(17,18)19)13-20-8-5-3-4-6-9(8)26-13/h3-6H,1-2H3,(H,21,23). The van der Waals surface area contributed by atoms with Gasteiger partial charge in [-0.25, -0.2) is 9.78 Å². The molecule has 0 bridgehead atoms. The van der Waals surface area contributed by atoms with Crippen LogP contribution in [0.3, 0.4) is 0 Å². The van der Waals surface area contributed by atoms with Gasteiger partial charge in [0.05, 0.1) is 22.9 Å². The number of carbonyl (C=O) groups is 2. The van der Waals surface area contributed by atoms with E-state index in [0.29, 0.717) is 5.52 Å². The van der Waals surface area contributed by atoms with Gasteiger partial charge in [0.25, 0.3) is 0 Å². The average Bonchev–Trinajstić information content (AvgIpc) is 3.13. The van der Waals surface area contributed by atoms with Gasteiger partial charge in [-0.15, -0.1) is 11.3 Å². The summed E-state index contributed by atoms with van der Waals surface area (Å²) in [4.78, 5) is 27.7. The first-order valence-corrected chi connectivity index (χ1v) is 8.00. The summed E-state index contributed by atoms with van der Waals surface area (Å²) in [6.45, 7) is 1.38. The molecule has 1 aromatic carbocycles. The van der Waals surface area contributed by atoms with E-state index < -0.39 is 23.9 Å². The highest BCUT2D eigenvalue weighted by molar-refractivity contribution is 7.21. The number of benzene rings is 1. The summed E-state index contributed by atoms with van der Waals surface area (Å²) < 4.78 is 48.5. The normalized spacial score (nSPS) is 11.6. The Hall–Kier alpha value is -2.88. The quantitative estimate of drug-likeness (QED) is 0.686. The smallest absolute Gasteiger partial charge is 0.465 e. The molecule has 6 nitrogen and oxygen atoms in total. The summed E-state index contributed by atoms with van der Waals surface area (Å²) in [5, 5.41) is 1.88. The van der Waals surface area contributed by atoms with Crippen molar-refractivity contribution in [2.24, 2.45) is 0 Å². The summed E-state index contributed by atoms with van der Waals surface area (Å²) in [6.07, 6.45) is -5.11. The zero-order valence-corrected chi connectivity index (χ0v) is 14.2. The molecule has 0 aliphatic heterocycles. The number of carbonyl (C=O) groups excluding carboxylic acids is 2. The summed E-state index contributed by atoms with van der Waals surface area (Å²) in [7, 11) is 1.13. The minimum Gasteiger partial charge on any atom is -0.465 e. The number of aryl methyl sites for hydroxylation is 1. The number of para-hydroxylation sites is 1. The Balaban J connectivity index is 2.19. The zero-order valence-electron chi connectivity index (χ0n) is 13.4. The summed E-state index contributed by atoms with van der Waals surface area (Å²) in [6, 6.07) is 7.02. The van der Waals surface area contributed by atoms with Gasteiger partial charge in [0, 0.05) is 0 Å². The second-order valence-corrected chi connectivity index (χ2v) is 6.20. The number of halogens is 3. The van der Waals surface area contributed by atoms with E-state index in [-0.39, 0.29) is 21.9 Å². The molecule has 0 aliphatic rings. The molecular formula is C16H11F3N2O4S. The minimum atomic E-state index is -5.11. The van der Waals surface area contributed by atoms with Gasteiger partial charge in [-0.2, -0.15) is 13.2 Å². The molecule has 0 atom stereocenters. The van der Waals surface area contributed by atoms with Crippen LogP contribution in [0.25, 0.3) is 20.8 Å². The molecule has 0 fully saturated rings. The number of methoxy groups -OCH3 is 1. The van der Waals surface area contributed by atoms with E-state index in [1.54, 1.807) is 29.6 Å². The van der Waals surface area contributed by atoms with Crippen molar-refractivity contribution in [1.29, 1.82) is 0 Å². The summed E-state index contributed by atoms with van der Waals surface area (Å²) in [5.74, 6) is -3.54. The maximum atomic E-state index is 12.6. The molecule has 10 heteroatoms. The van der Waals surface area contributed by atoms with Crippen molar-refractivity contribution >= 4 is 39.3 Å². The second kappa shape index (κ2) is 6.45. The van der Waals surface area contributed by atoms with Crippen LogP contribution in [-0.4, -0.2) is 30.1 Å². The molecule has 0 unspecified atom stereocenters. The number of fused-ring (bicyclic) bond motifs is 1. The lowest BCUT2D eigenvalue weighted by Gasteiger charge is -2.07. The largest absolute Gasteiger partial charge is 0.471 e. The number of furan rings is 1. The molecule has 3 aromatic rings. The molecule has 0 saturated carbocycles. The van der Waals surface area contributed by atoms with Crippen LogP contribution >= 0.6 is 11.3 Å². The van der Waals surface area contributed by atoms with Gasteiger partial charge in [0.15, 0.2) is 0 Å². The van der Waals surface area contributed by atoms with Crippen molar-refractivity contribution in [3.63, 3.8) is 0 Å². The molecule has 3 rings (SSSR count). The molecule has 1 N–H and O–H groups in total. The summed E-state index contributed by atoms with van der Waals surface area (Å²) >= 11 is 1.14.